The molecule has 1 heterocycles. The Morgan fingerprint density at radius 1 is 1.07 bits per heavy atom. The first kappa shape index (κ1) is 14.0. The molecule has 86 valence electrons. The molecule has 1 heteroatoms. The van der Waals surface area contributed by atoms with E-state index in [1.54, 1.807) is 0 Å². The molecule has 0 unspecified atom stereocenters. The normalized spacial score (nSPS) is 18.9. The predicted octanol–water partition coefficient (Wildman–Crippen LogP) is 3.93. The fourth-order valence-electron chi connectivity index (χ4n) is 1.87. The molecule has 1 rings (SSSR count). The molecule has 1 aliphatic rings. The Morgan fingerprint density at radius 3 is 2.14 bits per heavy atom. The highest BCUT2D eigenvalue weighted by molar-refractivity contribution is 4.68. The van der Waals surface area contributed by atoms with Gasteiger partial charge >= 0.3 is 0 Å². The van der Waals surface area contributed by atoms with Gasteiger partial charge in [0.15, 0.2) is 0 Å². The SMILES string of the molecule is CC.CCCCCN1CCC(C)CC1. The van der Waals surface area contributed by atoms with E-state index in [4.69, 9.17) is 0 Å². The number of unbranched alkanes of at least 4 members (excludes halogenated alkanes) is 2. The molecule has 0 N–H and O–H groups in total. The lowest BCUT2D eigenvalue weighted by Crippen LogP contribution is -2.33. The minimum Gasteiger partial charge on any atom is -0.303 e. The maximum atomic E-state index is 2.63. The van der Waals surface area contributed by atoms with Crippen molar-refractivity contribution in [3.05, 3.63) is 0 Å². The first-order chi connectivity index (χ1) is 6.83. The van der Waals surface area contributed by atoms with E-state index in [0.29, 0.717) is 0 Å². The smallest absolute Gasteiger partial charge is 0.00162 e. The number of likely N-dealkylation sites (tertiary alicyclic amines) is 1. The van der Waals surface area contributed by atoms with E-state index in [1.807, 2.05) is 13.8 Å². The summed E-state index contributed by atoms with van der Waals surface area (Å²) >= 11 is 0. The molecule has 0 amide bonds. The average Bonchev–Trinajstić information content (AvgIpc) is 2.24. The van der Waals surface area contributed by atoms with E-state index in [0.717, 1.165) is 5.92 Å². The van der Waals surface area contributed by atoms with Crippen LogP contribution in [0.2, 0.25) is 0 Å². The van der Waals surface area contributed by atoms with Crippen molar-refractivity contribution in [1.82, 2.24) is 4.90 Å². The van der Waals surface area contributed by atoms with Gasteiger partial charge in [0.1, 0.15) is 0 Å². The van der Waals surface area contributed by atoms with Gasteiger partial charge in [-0.2, -0.15) is 0 Å². The standard InChI is InChI=1S/C11H23N.C2H6/c1-3-4-5-8-12-9-6-11(2)7-10-12;1-2/h11H,3-10H2,1-2H3;1-2H3. The topological polar surface area (TPSA) is 3.24 Å². The maximum Gasteiger partial charge on any atom is -0.00162 e. The lowest BCUT2D eigenvalue weighted by atomic mass is 9.99. The minimum atomic E-state index is 0.979. The Kier molecular flexibility index (Phi) is 9.49. The molecule has 0 aromatic rings. The van der Waals surface area contributed by atoms with Gasteiger partial charge in [-0.05, 0) is 44.8 Å². The number of rotatable bonds is 4. The second-order valence-corrected chi connectivity index (χ2v) is 4.23. The minimum absolute atomic E-state index is 0.979. The summed E-state index contributed by atoms with van der Waals surface area (Å²) in [7, 11) is 0. The first-order valence-corrected chi connectivity index (χ1v) is 6.55. The Hall–Kier alpha value is -0.0400. The van der Waals surface area contributed by atoms with Crippen LogP contribution in [-0.2, 0) is 0 Å². The summed E-state index contributed by atoms with van der Waals surface area (Å²) in [6.45, 7) is 12.7. The fraction of sp³-hybridized carbons (Fsp3) is 1.00. The summed E-state index contributed by atoms with van der Waals surface area (Å²) in [6.07, 6.45) is 7.01. The molecule has 0 aromatic heterocycles. The molecule has 1 fully saturated rings. The quantitative estimate of drug-likeness (QED) is 0.620. The molecule has 0 aromatic carbocycles. The zero-order valence-corrected chi connectivity index (χ0v) is 10.7. The van der Waals surface area contributed by atoms with Crippen LogP contribution in [0.25, 0.3) is 0 Å². The van der Waals surface area contributed by atoms with E-state index < -0.39 is 0 Å². The largest absolute Gasteiger partial charge is 0.303 e. The summed E-state index contributed by atoms with van der Waals surface area (Å²) < 4.78 is 0. The zero-order valence-electron chi connectivity index (χ0n) is 10.7. The van der Waals surface area contributed by atoms with Crippen molar-refractivity contribution in [1.29, 1.82) is 0 Å². The van der Waals surface area contributed by atoms with Crippen LogP contribution < -0.4 is 0 Å². The molecule has 1 aliphatic heterocycles. The van der Waals surface area contributed by atoms with Crippen molar-refractivity contribution in [2.45, 2.75) is 59.8 Å². The lowest BCUT2D eigenvalue weighted by Gasteiger charge is -2.30. The van der Waals surface area contributed by atoms with Gasteiger partial charge in [-0.1, -0.05) is 40.5 Å². The summed E-state index contributed by atoms with van der Waals surface area (Å²) in [5, 5.41) is 0. The van der Waals surface area contributed by atoms with Crippen molar-refractivity contribution in [3.63, 3.8) is 0 Å². The molecule has 0 spiro atoms. The molecular weight excluding hydrogens is 170 g/mol. The average molecular weight is 199 g/mol. The van der Waals surface area contributed by atoms with Crippen LogP contribution >= 0.6 is 0 Å². The number of nitrogens with zero attached hydrogens (tertiary/aromatic N) is 1. The Morgan fingerprint density at radius 2 is 1.64 bits per heavy atom. The Balaban J connectivity index is 0.000000791. The molecule has 1 nitrogen and oxygen atoms in total. The Bertz CT molecular complexity index is 104. The predicted molar refractivity (Wildman–Crippen MR) is 65.7 cm³/mol. The fourth-order valence-corrected chi connectivity index (χ4v) is 1.87. The highest BCUT2D eigenvalue weighted by atomic mass is 15.1. The second kappa shape index (κ2) is 9.51. The molecule has 0 atom stereocenters. The molecule has 0 saturated carbocycles. The molecule has 0 radical (unpaired) electrons. The van der Waals surface area contributed by atoms with Crippen LogP contribution in [0, 0.1) is 5.92 Å². The van der Waals surface area contributed by atoms with Crippen molar-refractivity contribution in [2.75, 3.05) is 19.6 Å². The van der Waals surface area contributed by atoms with E-state index in [9.17, 15) is 0 Å². The number of piperidine rings is 1. The van der Waals surface area contributed by atoms with Gasteiger partial charge < -0.3 is 4.90 Å². The number of hydrogen-bond acceptors (Lipinski definition) is 1. The third-order valence-corrected chi connectivity index (χ3v) is 2.95. The van der Waals surface area contributed by atoms with Crippen LogP contribution in [0.1, 0.15) is 59.8 Å². The maximum absolute atomic E-state index is 2.63. The van der Waals surface area contributed by atoms with Crippen molar-refractivity contribution >= 4 is 0 Å². The third kappa shape index (κ3) is 6.42. The second-order valence-electron chi connectivity index (χ2n) is 4.23. The van der Waals surface area contributed by atoms with Gasteiger partial charge in [-0.3, -0.25) is 0 Å². The number of hydrogen-bond donors (Lipinski definition) is 0. The van der Waals surface area contributed by atoms with Crippen LogP contribution in [0.5, 0.6) is 0 Å². The van der Waals surface area contributed by atoms with Gasteiger partial charge in [0.2, 0.25) is 0 Å². The van der Waals surface area contributed by atoms with Crippen molar-refractivity contribution < 1.29 is 0 Å². The Labute approximate surface area is 90.9 Å². The van der Waals surface area contributed by atoms with Crippen molar-refractivity contribution in [3.8, 4) is 0 Å². The van der Waals surface area contributed by atoms with E-state index in [2.05, 4.69) is 18.7 Å². The van der Waals surface area contributed by atoms with Gasteiger partial charge in [0.05, 0.1) is 0 Å². The third-order valence-electron chi connectivity index (χ3n) is 2.95. The molecule has 0 bridgehead atoms. The molecular formula is C13H29N. The molecule has 14 heavy (non-hydrogen) atoms. The highest BCUT2D eigenvalue weighted by Gasteiger charge is 2.14. The summed E-state index contributed by atoms with van der Waals surface area (Å²) in [6, 6.07) is 0. The van der Waals surface area contributed by atoms with Crippen LogP contribution in [0.4, 0.5) is 0 Å². The van der Waals surface area contributed by atoms with Crippen LogP contribution in [0.3, 0.4) is 0 Å². The van der Waals surface area contributed by atoms with E-state index in [-0.39, 0.29) is 0 Å². The molecule has 0 aliphatic carbocycles. The first-order valence-electron chi connectivity index (χ1n) is 6.55. The monoisotopic (exact) mass is 199 g/mol. The lowest BCUT2D eigenvalue weighted by molar-refractivity contribution is 0.189. The summed E-state index contributed by atoms with van der Waals surface area (Å²) in [5.74, 6) is 0.979. The van der Waals surface area contributed by atoms with Crippen LogP contribution in [0.15, 0.2) is 0 Å². The van der Waals surface area contributed by atoms with Crippen molar-refractivity contribution in [2.24, 2.45) is 5.92 Å². The van der Waals surface area contributed by atoms with Gasteiger partial charge in [-0.15, -0.1) is 0 Å². The van der Waals surface area contributed by atoms with Gasteiger partial charge in [0, 0.05) is 0 Å². The molecule has 1 saturated heterocycles. The van der Waals surface area contributed by atoms with E-state index >= 15 is 0 Å². The summed E-state index contributed by atoms with van der Waals surface area (Å²) in [5.41, 5.74) is 0. The van der Waals surface area contributed by atoms with E-state index in [1.165, 1.54) is 51.7 Å². The van der Waals surface area contributed by atoms with Crippen LogP contribution in [-0.4, -0.2) is 24.5 Å². The summed E-state index contributed by atoms with van der Waals surface area (Å²) in [4.78, 5) is 2.63. The van der Waals surface area contributed by atoms with Gasteiger partial charge in [-0.25, -0.2) is 0 Å². The van der Waals surface area contributed by atoms with Gasteiger partial charge in [0.25, 0.3) is 0 Å². The highest BCUT2D eigenvalue weighted by Crippen LogP contribution is 2.16. The zero-order chi connectivity index (χ0) is 10.8.